The third-order valence-electron chi connectivity index (χ3n) is 4.94. The van der Waals surface area contributed by atoms with Crippen molar-refractivity contribution in [2.24, 2.45) is 0 Å². The first-order valence-electron chi connectivity index (χ1n) is 11.6. The Morgan fingerprint density at radius 1 is 0.824 bits per heavy atom. The number of aliphatic hydroxyl groups is 2. The van der Waals surface area contributed by atoms with Crippen LogP contribution in [0.25, 0.3) is 10.8 Å². The number of ether oxygens (including phenoxy) is 4. The van der Waals surface area contributed by atoms with Crippen molar-refractivity contribution in [3.8, 4) is 11.5 Å². The number of hydrogen-bond donors (Lipinski definition) is 3. The van der Waals surface area contributed by atoms with Crippen LogP contribution >= 0.6 is 0 Å². The first-order valence-corrected chi connectivity index (χ1v) is 13.0. The van der Waals surface area contributed by atoms with Gasteiger partial charge in [-0.2, -0.15) is 8.42 Å². The highest BCUT2D eigenvalue weighted by atomic mass is 32.2. The van der Waals surface area contributed by atoms with Crippen molar-refractivity contribution in [3.05, 3.63) is 30.3 Å². The number of benzene rings is 2. The van der Waals surface area contributed by atoms with Crippen LogP contribution in [0.2, 0.25) is 0 Å². The van der Waals surface area contributed by atoms with Gasteiger partial charge < -0.3 is 29.2 Å². The van der Waals surface area contributed by atoms with Crippen molar-refractivity contribution in [1.82, 2.24) is 0 Å². The van der Waals surface area contributed by atoms with Crippen molar-refractivity contribution in [2.45, 2.75) is 56.6 Å². The van der Waals surface area contributed by atoms with Gasteiger partial charge in [0.25, 0.3) is 10.1 Å². The molecule has 0 heterocycles. The third kappa shape index (κ3) is 9.36. The summed E-state index contributed by atoms with van der Waals surface area (Å²) in [5.74, 6) is 0.352. The zero-order chi connectivity index (χ0) is 25.0. The van der Waals surface area contributed by atoms with Crippen molar-refractivity contribution < 1.29 is 42.1 Å². The van der Waals surface area contributed by atoms with Crippen LogP contribution in [0.3, 0.4) is 0 Å². The molecule has 2 aromatic carbocycles. The Balaban J connectivity index is 2.07. The Hall–Kier alpha value is -1.95. The molecule has 0 fully saturated rings. The standard InChI is InChI=1S/C24H36O9S/c1-3-5-11-30-14-19(25)16-32-21-8-9-22-18(13-21)7-10-23(24(22)34(27,28)29)33-17-20(26)15-31-12-6-4-2/h7-10,13,19-20,25-26H,3-6,11-12,14-17H2,1-2H3,(H,27,28,29). The summed E-state index contributed by atoms with van der Waals surface area (Å²) in [6.45, 7) is 5.23. The molecule has 0 aliphatic rings. The number of unbranched alkanes of at least 4 members (excludes halogenated alkanes) is 2. The summed E-state index contributed by atoms with van der Waals surface area (Å²) >= 11 is 0. The van der Waals surface area contributed by atoms with Crippen molar-refractivity contribution in [2.75, 3.05) is 39.6 Å². The van der Waals surface area contributed by atoms with Gasteiger partial charge in [-0.3, -0.25) is 4.55 Å². The summed E-state index contributed by atoms with van der Waals surface area (Å²) in [5, 5.41) is 20.8. The van der Waals surface area contributed by atoms with Gasteiger partial charge in [0.05, 0.1) is 13.2 Å². The predicted octanol–water partition coefficient (Wildman–Crippen LogP) is 3.20. The van der Waals surface area contributed by atoms with E-state index < -0.39 is 22.3 Å². The minimum Gasteiger partial charge on any atom is -0.491 e. The van der Waals surface area contributed by atoms with Crippen LogP contribution in [0.1, 0.15) is 39.5 Å². The highest BCUT2D eigenvalue weighted by Gasteiger charge is 2.22. The average molecular weight is 501 g/mol. The summed E-state index contributed by atoms with van der Waals surface area (Å²) in [6, 6.07) is 7.68. The summed E-state index contributed by atoms with van der Waals surface area (Å²) in [6.07, 6.45) is 2.04. The van der Waals surface area contributed by atoms with Gasteiger partial charge in [-0.25, -0.2) is 0 Å². The Kier molecular flexibility index (Phi) is 12.0. The second-order valence-electron chi connectivity index (χ2n) is 8.04. The van der Waals surface area contributed by atoms with Gasteiger partial charge >= 0.3 is 0 Å². The van der Waals surface area contributed by atoms with E-state index in [4.69, 9.17) is 18.9 Å². The highest BCUT2D eigenvalue weighted by Crippen LogP contribution is 2.34. The highest BCUT2D eigenvalue weighted by molar-refractivity contribution is 7.86. The van der Waals surface area contributed by atoms with E-state index in [-0.39, 0.29) is 42.5 Å². The summed E-state index contributed by atoms with van der Waals surface area (Å²) in [4.78, 5) is -0.389. The first-order chi connectivity index (χ1) is 16.3. The van der Waals surface area contributed by atoms with Gasteiger partial charge in [-0.1, -0.05) is 32.8 Å². The second kappa shape index (κ2) is 14.4. The molecule has 0 aliphatic heterocycles. The smallest absolute Gasteiger partial charge is 0.298 e. The molecular weight excluding hydrogens is 464 g/mol. The van der Waals surface area contributed by atoms with Crippen LogP contribution in [-0.2, 0) is 19.6 Å². The van der Waals surface area contributed by atoms with Crippen LogP contribution in [0, 0.1) is 0 Å². The molecule has 0 aliphatic carbocycles. The molecule has 3 N–H and O–H groups in total. The van der Waals surface area contributed by atoms with Gasteiger partial charge in [0.2, 0.25) is 0 Å². The fraction of sp³-hybridized carbons (Fsp3) is 0.583. The van der Waals surface area contributed by atoms with Crippen molar-refractivity contribution in [3.63, 3.8) is 0 Å². The van der Waals surface area contributed by atoms with Gasteiger partial charge in [0, 0.05) is 18.6 Å². The molecule has 2 rings (SSSR count). The summed E-state index contributed by atoms with van der Waals surface area (Å²) < 4.78 is 55.9. The molecule has 2 atom stereocenters. The van der Waals surface area contributed by atoms with E-state index in [9.17, 15) is 23.2 Å². The molecule has 0 aromatic heterocycles. The normalized spacial score (nSPS) is 13.7. The number of rotatable bonds is 17. The maximum atomic E-state index is 12.1. The maximum absolute atomic E-state index is 12.1. The lowest BCUT2D eigenvalue weighted by atomic mass is 10.1. The lowest BCUT2D eigenvalue weighted by molar-refractivity contribution is 0.0108. The van der Waals surface area contributed by atoms with Crippen LogP contribution in [0.5, 0.6) is 11.5 Å². The fourth-order valence-electron chi connectivity index (χ4n) is 3.14. The van der Waals surface area contributed by atoms with Crippen LogP contribution < -0.4 is 9.47 Å². The molecule has 9 nitrogen and oxygen atoms in total. The third-order valence-corrected chi connectivity index (χ3v) is 5.88. The zero-order valence-electron chi connectivity index (χ0n) is 19.8. The van der Waals surface area contributed by atoms with Gasteiger partial charge in [0.15, 0.2) is 0 Å². The molecule has 0 amide bonds. The second-order valence-corrected chi connectivity index (χ2v) is 9.40. The Labute approximate surface area is 201 Å². The molecule has 0 saturated carbocycles. The van der Waals surface area contributed by atoms with Crippen LogP contribution in [0.4, 0.5) is 0 Å². The molecule has 2 unspecified atom stereocenters. The Morgan fingerprint density at radius 2 is 1.41 bits per heavy atom. The minimum atomic E-state index is -4.62. The predicted molar refractivity (Wildman–Crippen MR) is 128 cm³/mol. The molecule has 0 spiro atoms. The molecule has 0 radical (unpaired) electrons. The molecule has 0 bridgehead atoms. The Morgan fingerprint density at radius 3 is 1.97 bits per heavy atom. The van der Waals surface area contributed by atoms with Crippen LogP contribution in [0.15, 0.2) is 35.2 Å². The average Bonchev–Trinajstić information content (AvgIpc) is 2.80. The number of fused-ring (bicyclic) bond motifs is 1. The largest absolute Gasteiger partial charge is 0.491 e. The molecular formula is C24H36O9S. The van der Waals surface area contributed by atoms with E-state index in [2.05, 4.69) is 6.92 Å². The topological polar surface area (TPSA) is 132 Å². The van der Waals surface area contributed by atoms with E-state index in [0.717, 1.165) is 25.7 Å². The molecule has 2 aromatic rings. The van der Waals surface area contributed by atoms with E-state index in [1.54, 1.807) is 18.2 Å². The molecule has 34 heavy (non-hydrogen) atoms. The SMILES string of the molecule is CCCCOCC(O)COc1ccc2c(S(=O)(=O)O)c(OCC(O)COCCCC)ccc2c1. The zero-order valence-corrected chi connectivity index (χ0v) is 20.6. The van der Waals surface area contributed by atoms with E-state index in [1.165, 1.54) is 12.1 Å². The fourth-order valence-corrected chi connectivity index (χ4v) is 3.98. The van der Waals surface area contributed by atoms with Crippen molar-refractivity contribution >= 4 is 20.9 Å². The quantitative estimate of drug-likeness (QED) is 0.221. The number of hydrogen-bond acceptors (Lipinski definition) is 8. The summed E-state index contributed by atoms with van der Waals surface area (Å²) in [5.41, 5.74) is 0. The molecule has 10 heteroatoms. The van der Waals surface area contributed by atoms with Gasteiger partial charge in [0.1, 0.15) is 41.8 Å². The van der Waals surface area contributed by atoms with Gasteiger partial charge in [-0.15, -0.1) is 0 Å². The minimum absolute atomic E-state index is 0.0161. The lowest BCUT2D eigenvalue weighted by Crippen LogP contribution is -2.24. The summed E-state index contributed by atoms with van der Waals surface area (Å²) in [7, 11) is -4.62. The van der Waals surface area contributed by atoms with E-state index in [1.807, 2.05) is 6.92 Å². The monoisotopic (exact) mass is 500 g/mol. The van der Waals surface area contributed by atoms with E-state index >= 15 is 0 Å². The molecule has 192 valence electrons. The first kappa shape index (κ1) is 28.3. The van der Waals surface area contributed by atoms with E-state index in [0.29, 0.717) is 24.3 Å². The van der Waals surface area contributed by atoms with Crippen LogP contribution in [-0.4, -0.2) is 75.0 Å². The Bertz CT molecular complexity index is 978. The van der Waals surface area contributed by atoms with Crippen molar-refractivity contribution in [1.29, 1.82) is 0 Å². The maximum Gasteiger partial charge on any atom is 0.298 e. The van der Waals surface area contributed by atoms with Gasteiger partial charge in [-0.05, 0) is 42.5 Å². The molecule has 0 saturated heterocycles. The number of aliphatic hydroxyl groups excluding tert-OH is 2. The lowest BCUT2D eigenvalue weighted by Gasteiger charge is -2.16.